The van der Waals surface area contributed by atoms with E-state index in [2.05, 4.69) is 11.4 Å². The van der Waals surface area contributed by atoms with E-state index in [0.29, 0.717) is 33.4 Å². The molecule has 1 saturated carbocycles. The molecule has 126 valence electrons. The molecule has 6 heteroatoms. The van der Waals surface area contributed by atoms with Crippen molar-refractivity contribution < 1.29 is 13.9 Å². The Hall–Kier alpha value is -1.97. The van der Waals surface area contributed by atoms with Crippen molar-refractivity contribution in [2.24, 2.45) is 0 Å². The molecule has 1 aliphatic carbocycles. The Morgan fingerprint density at radius 2 is 2.17 bits per heavy atom. The van der Waals surface area contributed by atoms with Crippen LogP contribution in [0.25, 0.3) is 10.1 Å². The van der Waals surface area contributed by atoms with E-state index in [4.69, 9.17) is 4.74 Å². The Balaban J connectivity index is 1.99. The minimum absolute atomic E-state index is 0.156. The first-order valence-electron chi connectivity index (χ1n) is 8.03. The van der Waals surface area contributed by atoms with Gasteiger partial charge in [0.25, 0.3) is 5.91 Å². The first kappa shape index (κ1) is 16.9. The number of nitrogens with one attached hydrogen (secondary N) is 1. The number of nitrogens with zero attached hydrogens (tertiary/aromatic N) is 1. The zero-order chi connectivity index (χ0) is 17.2. The Morgan fingerprint density at radius 1 is 1.42 bits per heavy atom. The Labute approximate surface area is 144 Å². The fourth-order valence-corrected chi connectivity index (χ4v) is 4.44. The quantitative estimate of drug-likeness (QED) is 0.905. The molecule has 0 bridgehead atoms. The van der Waals surface area contributed by atoms with Crippen LogP contribution in [0.15, 0.2) is 18.2 Å². The smallest absolute Gasteiger partial charge is 0.263 e. The fourth-order valence-electron chi connectivity index (χ4n) is 3.33. The van der Waals surface area contributed by atoms with Crippen LogP contribution in [0.5, 0.6) is 0 Å². The molecule has 4 nitrogen and oxygen atoms in total. The number of nitriles is 1. The van der Waals surface area contributed by atoms with Gasteiger partial charge in [-0.05, 0) is 25.0 Å². The van der Waals surface area contributed by atoms with Crippen molar-refractivity contribution in [2.45, 2.75) is 44.2 Å². The van der Waals surface area contributed by atoms with Gasteiger partial charge in [0.15, 0.2) is 0 Å². The highest BCUT2D eigenvalue weighted by molar-refractivity contribution is 7.21. The van der Waals surface area contributed by atoms with Gasteiger partial charge in [0.1, 0.15) is 11.4 Å². The van der Waals surface area contributed by atoms with Crippen molar-refractivity contribution in [2.75, 3.05) is 7.11 Å². The molecule has 0 spiro atoms. The Bertz CT molecular complexity index is 803. The van der Waals surface area contributed by atoms with Crippen LogP contribution < -0.4 is 5.32 Å². The predicted octanol–water partition coefficient (Wildman–Crippen LogP) is 4.14. The second kappa shape index (κ2) is 6.88. The lowest BCUT2D eigenvalue weighted by Gasteiger charge is -2.31. The first-order chi connectivity index (χ1) is 11.6. The molecule has 0 saturated heterocycles. The average Bonchev–Trinajstić information content (AvgIpc) is 2.96. The molecule has 2 aromatic rings. The van der Waals surface area contributed by atoms with E-state index in [1.807, 2.05) is 0 Å². The van der Waals surface area contributed by atoms with Gasteiger partial charge in [-0.1, -0.05) is 25.3 Å². The van der Waals surface area contributed by atoms with Gasteiger partial charge in [-0.25, -0.2) is 4.39 Å². The topological polar surface area (TPSA) is 62.1 Å². The van der Waals surface area contributed by atoms with Crippen LogP contribution in [0, 0.1) is 17.1 Å². The van der Waals surface area contributed by atoms with Gasteiger partial charge in [-0.2, -0.15) is 5.26 Å². The minimum atomic E-state index is -0.811. The number of fused-ring (bicyclic) bond motifs is 1. The van der Waals surface area contributed by atoms with Gasteiger partial charge in [0, 0.05) is 22.8 Å². The van der Waals surface area contributed by atoms with Gasteiger partial charge < -0.3 is 10.1 Å². The summed E-state index contributed by atoms with van der Waals surface area (Å²) in [6, 6.07) is 7.09. The van der Waals surface area contributed by atoms with E-state index in [-0.39, 0.29) is 18.3 Å². The van der Waals surface area contributed by atoms with Crippen molar-refractivity contribution in [1.82, 2.24) is 5.32 Å². The standard InChI is InChI=1S/C18H19FN2O2S/c1-23-10-12-15-13(19)6-5-7-14(15)24-16(12)17(22)21-18(11-20)8-3-2-4-9-18/h5-7H,2-4,8-10H2,1H3,(H,21,22). The first-order valence-corrected chi connectivity index (χ1v) is 8.84. The van der Waals surface area contributed by atoms with E-state index in [1.165, 1.54) is 24.5 Å². The van der Waals surface area contributed by atoms with Crippen molar-refractivity contribution in [3.8, 4) is 6.07 Å². The van der Waals surface area contributed by atoms with Crippen LogP contribution in [0.1, 0.15) is 47.3 Å². The number of amides is 1. The van der Waals surface area contributed by atoms with Gasteiger partial charge >= 0.3 is 0 Å². The Morgan fingerprint density at radius 3 is 2.83 bits per heavy atom. The molecule has 0 aliphatic heterocycles. The summed E-state index contributed by atoms with van der Waals surface area (Å²) in [5.74, 6) is -0.673. The lowest BCUT2D eigenvalue weighted by atomic mass is 9.83. The highest BCUT2D eigenvalue weighted by Crippen LogP contribution is 2.35. The van der Waals surface area contributed by atoms with Crippen LogP contribution in [-0.2, 0) is 11.3 Å². The molecule has 1 aromatic carbocycles. The van der Waals surface area contributed by atoms with Crippen LogP contribution in [-0.4, -0.2) is 18.6 Å². The molecule has 24 heavy (non-hydrogen) atoms. The predicted molar refractivity (Wildman–Crippen MR) is 91.4 cm³/mol. The third-order valence-electron chi connectivity index (χ3n) is 4.53. The number of carbonyl (C=O) groups is 1. The van der Waals surface area contributed by atoms with E-state index in [1.54, 1.807) is 12.1 Å². The van der Waals surface area contributed by atoms with E-state index in [0.717, 1.165) is 19.3 Å². The zero-order valence-corrected chi connectivity index (χ0v) is 14.3. The number of benzene rings is 1. The molecule has 1 N–H and O–H groups in total. The molecule has 1 aromatic heterocycles. The molecular weight excluding hydrogens is 327 g/mol. The van der Waals surface area contributed by atoms with Crippen LogP contribution in [0.4, 0.5) is 4.39 Å². The number of hydrogen-bond acceptors (Lipinski definition) is 4. The fraction of sp³-hybridized carbons (Fsp3) is 0.444. The maximum absolute atomic E-state index is 14.2. The van der Waals surface area contributed by atoms with Gasteiger partial charge in [-0.3, -0.25) is 4.79 Å². The molecule has 3 rings (SSSR count). The van der Waals surface area contributed by atoms with Crippen LogP contribution in [0.3, 0.4) is 0 Å². The zero-order valence-electron chi connectivity index (χ0n) is 13.5. The van der Waals surface area contributed by atoms with Crippen molar-refractivity contribution in [1.29, 1.82) is 5.26 Å². The number of hydrogen-bond donors (Lipinski definition) is 1. The molecule has 1 heterocycles. The summed E-state index contributed by atoms with van der Waals surface area (Å²) in [6.07, 6.45) is 4.27. The SMILES string of the molecule is COCc1c(C(=O)NC2(C#N)CCCCC2)sc2cccc(F)c12. The molecule has 1 fully saturated rings. The summed E-state index contributed by atoms with van der Waals surface area (Å²) in [6.45, 7) is 0.156. The largest absolute Gasteiger partial charge is 0.380 e. The van der Waals surface area contributed by atoms with Crippen LogP contribution in [0.2, 0.25) is 0 Å². The summed E-state index contributed by atoms with van der Waals surface area (Å²) < 4.78 is 20.1. The van der Waals surface area contributed by atoms with Gasteiger partial charge in [0.05, 0.1) is 17.6 Å². The maximum atomic E-state index is 14.2. The van der Waals surface area contributed by atoms with E-state index >= 15 is 0 Å². The average molecular weight is 346 g/mol. The van der Waals surface area contributed by atoms with Crippen molar-refractivity contribution in [3.63, 3.8) is 0 Å². The summed E-state index contributed by atoms with van der Waals surface area (Å²) in [7, 11) is 1.52. The maximum Gasteiger partial charge on any atom is 0.263 e. The summed E-state index contributed by atoms with van der Waals surface area (Å²) >= 11 is 1.24. The van der Waals surface area contributed by atoms with Gasteiger partial charge in [-0.15, -0.1) is 11.3 Å². The lowest BCUT2D eigenvalue weighted by molar-refractivity contribution is 0.0902. The number of rotatable bonds is 4. The number of carbonyl (C=O) groups excluding carboxylic acids is 1. The number of halogens is 1. The summed E-state index contributed by atoms with van der Waals surface area (Å²) in [5, 5.41) is 12.9. The summed E-state index contributed by atoms with van der Waals surface area (Å²) in [4.78, 5) is 13.3. The second-order valence-electron chi connectivity index (χ2n) is 6.16. The van der Waals surface area contributed by atoms with Crippen LogP contribution >= 0.6 is 11.3 Å². The summed E-state index contributed by atoms with van der Waals surface area (Å²) in [5.41, 5.74) is -0.258. The number of ether oxygens (including phenoxy) is 1. The molecule has 0 radical (unpaired) electrons. The monoisotopic (exact) mass is 346 g/mol. The molecule has 1 aliphatic rings. The van der Waals surface area contributed by atoms with Gasteiger partial charge in [0.2, 0.25) is 0 Å². The highest BCUT2D eigenvalue weighted by Gasteiger charge is 2.35. The minimum Gasteiger partial charge on any atom is -0.380 e. The third kappa shape index (κ3) is 3.02. The molecule has 0 unspecified atom stereocenters. The normalized spacial score (nSPS) is 16.7. The highest BCUT2D eigenvalue weighted by atomic mass is 32.1. The van der Waals surface area contributed by atoms with E-state index in [9.17, 15) is 14.4 Å². The Kier molecular flexibility index (Phi) is 4.83. The molecule has 0 atom stereocenters. The number of methoxy groups -OCH3 is 1. The lowest BCUT2D eigenvalue weighted by Crippen LogP contribution is -2.48. The second-order valence-corrected chi connectivity index (χ2v) is 7.22. The molecule has 1 amide bonds. The molecular formula is C18H19FN2O2S. The number of thiophene rings is 1. The van der Waals surface area contributed by atoms with Crippen molar-refractivity contribution in [3.05, 3.63) is 34.5 Å². The third-order valence-corrected chi connectivity index (χ3v) is 5.73. The van der Waals surface area contributed by atoms with E-state index < -0.39 is 5.54 Å². The van der Waals surface area contributed by atoms with Crippen molar-refractivity contribution >= 4 is 27.3 Å².